The molecule has 4 unspecified atom stereocenters. The number of aryl methyl sites for hydroxylation is 2. The molecular weight excluding hydrogens is 284 g/mol. The molecule has 20 heavy (non-hydrogen) atoms. The lowest BCUT2D eigenvalue weighted by atomic mass is 10.0. The maximum atomic E-state index is 10.5. The van der Waals surface area contributed by atoms with Gasteiger partial charge in [-0.25, -0.2) is 0 Å². The smallest absolute Gasteiger partial charge is 0.0707 e. The molecule has 1 saturated heterocycles. The fourth-order valence-corrected chi connectivity index (χ4v) is 6.15. The first-order valence-corrected chi connectivity index (χ1v) is 9.68. The van der Waals surface area contributed by atoms with Gasteiger partial charge in [0.2, 0.25) is 0 Å². The number of hydrogen-bond donors (Lipinski definition) is 1. The topological polar surface area (TPSA) is 20.2 Å². The second-order valence-electron chi connectivity index (χ2n) is 6.15. The fourth-order valence-electron chi connectivity index (χ4n) is 3.13. The summed E-state index contributed by atoms with van der Waals surface area (Å²) in [5, 5.41) is 12.3. The van der Waals surface area contributed by atoms with Gasteiger partial charge in [-0.15, -0.1) is 0 Å². The monoisotopic (exact) mass is 308 g/mol. The number of fused-ring (bicyclic) bond motifs is 1. The Morgan fingerprint density at radius 2 is 2.00 bits per heavy atom. The van der Waals surface area contributed by atoms with E-state index in [4.69, 9.17) is 0 Å². The Labute approximate surface area is 130 Å². The highest BCUT2D eigenvalue weighted by Gasteiger charge is 2.30. The minimum absolute atomic E-state index is 0.207. The Morgan fingerprint density at radius 1 is 1.20 bits per heavy atom. The summed E-state index contributed by atoms with van der Waals surface area (Å²) in [7, 11) is 0. The Bertz CT molecular complexity index is 474. The molecule has 3 rings (SSSR count). The van der Waals surface area contributed by atoms with Crippen LogP contribution in [-0.4, -0.2) is 32.7 Å². The number of rotatable bonds is 3. The fraction of sp³-hybridized carbons (Fsp3) is 0.647. The van der Waals surface area contributed by atoms with E-state index in [1.165, 1.54) is 36.0 Å². The minimum Gasteiger partial charge on any atom is -0.392 e. The van der Waals surface area contributed by atoms with Crippen molar-refractivity contribution in [1.82, 2.24) is 0 Å². The molecule has 1 aromatic carbocycles. The van der Waals surface area contributed by atoms with Crippen molar-refractivity contribution in [2.45, 2.75) is 61.4 Å². The summed E-state index contributed by atoms with van der Waals surface area (Å²) in [5.74, 6) is 1.09. The van der Waals surface area contributed by atoms with Crippen molar-refractivity contribution in [3.05, 3.63) is 34.9 Å². The van der Waals surface area contributed by atoms with Crippen LogP contribution in [0.25, 0.3) is 0 Å². The third-order valence-corrected chi connectivity index (χ3v) is 8.15. The van der Waals surface area contributed by atoms with Crippen LogP contribution in [-0.2, 0) is 19.3 Å². The number of benzene rings is 1. The number of aliphatic hydroxyl groups is 1. The lowest BCUT2D eigenvalue weighted by Gasteiger charge is -2.33. The van der Waals surface area contributed by atoms with Crippen LogP contribution in [0.15, 0.2) is 18.2 Å². The third kappa shape index (κ3) is 3.20. The summed E-state index contributed by atoms with van der Waals surface area (Å²) in [6.07, 6.45) is 4.37. The van der Waals surface area contributed by atoms with Gasteiger partial charge in [-0.05, 0) is 42.4 Å². The van der Waals surface area contributed by atoms with Crippen LogP contribution in [0.2, 0.25) is 0 Å². The van der Waals surface area contributed by atoms with E-state index >= 15 is 0 Å². The predicted octanol–water partition coefficient (Wildman–Crippen LogP) is 3.70. The molecule has 4 atom stereocenters. The van der Waals surface area contributed by atoms with Crippen molar-refractivity contribution < 1.29 is 5.11 Å². The van der Waals surface area contributed by atoms with Crippen molar-refractivity contribution in [1.29, 1.82) is 0 Å². The molecule has 0 amide bonds. The highest BCUT2D eigenvalue weighted by molar-refractivity contribution is 8.07. The van der Waals surface area contributed by atoms with Crippen molar-refractivity contribution in [3.63, 3.8) is 0 Å². The molecule has 1 aliphatic heterocycles. The van der Waals surface area contributed by atoms with E-state index in [-0.39, 0.29) is 6.10 Å². The molecule has 0 saturated carbocycles. The van der Waals surface area contributed by atoms with Gasteiger partial charge in [0.15, 0.2) is 0 Å². The summed E-state index contributed by atoms with van der Waals surface area (Å²) in [6, 6.07) is 6.83. The zero-order valence-corrected chi connectivity index (χ0v) is 14.0. The van der Waals surface area contributed by atoms with Crippen LogP contribution in [0.4, 0.5) is 0 Å². The second kappa shape index (κ2) is 6.33. The highest BCUT2D eigenvalue weighted by Crippen LogP contribution is 2.37. The first kappa shape index (κ1) is 14.8. The van der Waals surface area contributed by atoms with E-state index in [9.17, 15) is 5.11 Å². The van der Waals surface area contributed by atoms with E-state index in [1.54, 1.807) is 0 Å². The summed E-state index contributed by atoms with van der Waals surface area (Å²) in [6.45, 7) is 4.59. The van der Waals surface area contributed by atoms with E-state index < -0.39 is 0 Å². The molecule has 1 heterocycles. The lowest BCUT2D eigenvalue weighted by Crippen LogP contribution is -2.35. The van der Waals surface area contributed by atoms with Crippen molar-refractivity contribution in [2.75, 3.05) is 5.75 Å². The first-order valence-electron chi connectivity index (χ1n) is 7.69. The van der Waals surface area contributed by atoms with Crippen LogP contribution in [0, 0.1) is 0 Å². The van der Waals surface area contributed by atoms with Crippen molar-refractivity contribution in [2.24, 2.45) is 0 Å². The molecule has 1 fully saturated rings. The minimum atomic E-state index is -0.207. The standard InChI is InChI=1S/C17H24OS2/c1-11-12(2)20-17(10-19-11)16(18)9-13-6-7-14-4-3-5-15(14)8-13/h6-8,11-12,16-18H,3-5,9-10H2,1-2H3. The average molecular weight is 309 g/mol. The first-order chi connectivity index (χ1) is 9.63. The summed E-state index contributed by atoms with van der Waals surface area (Å²) in [5.41, 5.74) is 4.35. The Hall–Kier alpha value is -0.120. The van der Waals surface area contributed by atoms with Crippen LogP contribution in [0.3, 0.4) is 0 Å². The quantitative estimate of drug-likeness (QED) is 0.919. The van der Waals surface area contributed by atoms with Gasteiger partial charge in [0.05, 0.1) is 6.10 Å². The van der Waals surface area contributed by atoms with E-state index in [1.807, 2.05) is 23.5 Å². The van der Waals surface area contributed by atoms with Gasteiger partial charge in [-0.2, -0.15) is 23.5 Å². The maximum Gasteiger partial charge on any atom is 0.0707 e. The zero-order valence-electron chi connectivity index (χ0n) is 12.3. The van der Waals surface area contributed by atoms with E-state index in [2.05, 4.69) is 32.0 Å². The van der Waals surface area contributed by atoms with Crippen molar-refractivity contribution >= 4 is 23.5 Å². The molecular formula is C17H24OS2. The van der Waals surface area contributed by atoms with Gasteiger partial charge < -0.3 is 5.11 Å². The molecule has 3 heteroatoms. The Balaban J connectivity index is 1.62. The van der Waals surface area contributed by atoms with Gasteiger partial charge in [0.1, 0.15) is 0 Å². The highest BCUT2D eigenvalue weighted by atomic mass is 32.2. The molecule has 0 spiro atoms. The second-order valence-corrected chi connectivity index (χ2v) is 9.18. The Kier molecular flexibility index (Phi) is 4.68. The van der Waals surface area contributed by atoms with E-state index in [0.29, 0.717) is 15.7 Å². The Morgan fingerprint density at radius 3 is 2.80 bits per heavy atom. The normalized spacial score (nSPS) is 31.1. The molecule has 1 nitrogen and oxygen atoms in total. The predicted molar refractivity (Wildman–Crippen MR) is 90.9 cm³/mol. The number of hydrogen-bond acceptors (Lipinski definition) is 3. The molecule has 1 aromatic rings. The zero-order chi connectivity index (χ0) is 14.1. The van der Waals surface area contributed by atoms with Crippen LogP contribution in [0.1, 0.15) is 37.0 Å². The van der Waals surface area contributed by atoms with Crippen LogP contribution in [0.5, 0.6) is 0 Å². The average Bonchev–Trinajstić information content (AvgIpc) is 2.89. The number of aliphatic hydroxyl groups excluding tert-OH is 1. The summed E-state index contributed by atoms with van der Waals surface area (Å²) >= 11 is 3.99. The van der Waals surface area contributed by atoms with Crippen LogP contribution < -0.4 is 0 Å². The SMILES string of the molecule is CC1SCC(C(O)Cc2ccc3c(c2)CCC3)SC1C. The lowest BCUT2D eigenvalue weighted by molar-refractivity contribution is 0.177. The summed E-state index contributed by atoms with van der Waals surface area (Å²) in [4.78, 5) is 0. The molecule has 0 aromatic heterocycles. The van der Waals surface area contributed by atoms with Gasteiger partial charge in [0, 0.05) is 21.5 Å². The number of thioether (sulfide) groups is 2. The van der Waals surface area contributed by atoms with Crippen LogP contribution >= 0.6 is 23.5 Å². The molecule has 1 aliphatic carbocycles. The molecule has 110 valence electrons. The van der Waals surface area contributed by atoms with Gasteiger partial charge in [-0.3, -0.25) is 0 Å². The molecule has 1 N–H and O–H groups in total. The maximum absolute atomic E-state index is 10.5. The van der Waals surface area contributed by atoms with Gasteiger partial charge in [-0.1, -0.05) is 32.0 Å². The van der Waals surface area contributed by atoms with Gasteiger partial charge in [0.25, 0.3) is 0 Å². The van der Waals surface area contributed by atoms with Gasteiger partial charge >= 0.3 is 0 Å². The molecule has 0 radical (unpaired) electrons. The van der Waals surface area contributed by atoms with E-state index in [0.717, 1.165) is 12.2 Å². The van der Waals surface area contributed by atoms with Crippen molar-refractivity contribution in [3.8, 4) is 0 Å². The summed E-state index contributed by atoms with van der Waals surface area (Å²) < 4.78 is 0. The molecule has 0 bridgehead atoms. The molecule has 2 aliphatic rings. The third-order valence-electron chi connectivity index (χ3n) is 4.61. The largest absolute Gasteiger partial charge is 0.392 e.